The number of carbonyl (C=O) groups is 1. The molecule has 23 heavy (non-hydrogen) atoms. The Bertz CT molecular complexity index is 551. The van der Waals surface area contributed by atoms with Crippen LogP contribution in [0.1, 0.15) is 34.6 Å². The van der Waals surface area contributed by atoms with Crippen LogP contribution in [-0.4, -0.2) is 56.7 Å². The monoisotopic (exact) mass is 341 g/mol. The lowest BCUT2D eigenvalue weighted by Gasteiger charge is -2.41. The molecule has 0 aromatic heterocycles. The highest BCUT2D eigenvalue weighted by molar-refractivity contribution is 6.74. The number of nitrogens with zero attached hydrogens (tertiary/aromatic N) is 1. The molecule has 0 spiro atoms. The van der Waals surface area contributed by atoms with Gasteiger partial charge in [-0.3, -0.25) is 4.99 Å². The van der Waals surface area contributed by atoms with Crippen molar-refractivity contribution in [1.82, 2.24) is 0 Å². The molecule has 0 saturated carbocycles. The molecule has 0 aliphatic carbocycles. The Labute approximate surface area is 138 Å². The minimum absolute atomic E-state index is 0.120. The molecule has 6 nitrogen and oxygen atoms in total. The van der Waals surface area contributed by atoms with Crippen molar-refractivity contribution in [3.63, 3.8) is 0 Å². The molecule has 130 valence electrons. The number of fused-ring (bicyclic) bond motifs is 1. The van der Waals surface area contributed by atoms with Crippen molar-refractivity contribution < 1.29 is 23.4 Å². The van der Waals surface area contributed by atoms with Gasteiger partial charge in [-0.15, -0.1) is 0 Å². The van der Waals surface area contributed by atoms with Crippen LogP contribution >= 0.6 is 0 Å². The summed E-state index contributed by atoms with van der Waals surface area (Å²) >= 11 is 0. The van der Waals surface area contributed by atoms with Crippen LogP contribution < -0.4 is 0 Å². The second-order valence-corrected chi connectivity index (χ2v) is 13.3. The highest BCUT2D eigenvalue weighted by Gasteiger charge is 2.60. The van der Waals surface area contributed by atoms with Crippen LogP contribution in [0.5, 0.6) is 0 Å². The lowest BCUT2D eigenvalue weighted by Crippen LogP contribution is -2.61. The molecule has 4 aliphatic rings. The fraction of sp³-hybridized carbons (Fsp3) is 0.875. The molecule has 0 N–H and O–H groups in total. The van der Waals surface area contributed by atoms with E-state index in [1.807, 2.05) is 13.8 Å². The summed E-state index contributed by atoms with van der Waals surface area (Å²) in [5.74, 6) is -1.04. The maximum absolute atomic E-state index is 12.0. The van der Waals surface area contributed by atoms with E-state index >= 15 is 0 Å². The van der Waals surface area contributed by atoms with E-state index in [4.69, 9.17) is 18.6 Å². The summed E-state index contributed by atoms with van der Waals surface area (Å²) in [6, 6.07) is -0.634. The first kappa shape index (κ1) is 17.1. The van der Waals surface area contributed by atoms with Crippen molar-refractivity contribution in [3.05, 3.63) is 0 Å². The molecule has 4 atom stereocenters. The summed E-state index contributed by atoms with van der Waals surface area (Å²) in [5.41, 5.74) is 0.766. The Morgan fingerprint density at radius 1 is 1.22 bits per heavy atom. The molecular weight excluding hydrogens is 314 g/mol. The lowest BCUT2D eigenvalue weighted by molar-refractivity contribution is -0.166. The molecule has 0 aromatic carbocycles. The summed E-state index contributed by atoms with van der Waals surface area (Å²) in [6.07, 6.45) is -1.14. The average molecular weight is 341 g/mol. The van der Waals surface area contributed by atoms with E-state index in [-0.39, 0.29) is 23.2 Å². The Hall–Kier alpha value is -0.763. The summed E-state index contributed by atoms with van der Waals surface area (Å²) in [7, 11) is -1.89. The highest BCUT2D eigenvalue weighted by atomic mass is 28.4. The molecule has 0 radical (unpaired) electrons. The normalized spacial score (nSPS) is 35.8. The van der Waals surface area contributed by atoms with E-state index in [9.17, 15) is 4.79 Å². The summed E-state index contributed by atoms with van der Waals surface area (Å²) < 4.78 is 23.5. The topological polar surface area (TPSA) is 66.3 Å². The molecule has 0 unspecified atom stereocenters. The zero-order chi connectivity index (χ0) is 17.2. The fourth-order valence-corrected chi connectivity index (χ4v) is 3.86. The molecule has 2 fully saturated rings. The van der Waals surface area contributed by atoms with E-state index in [1.165, 1.54) is 0 Å². The first-order valence-corrected chi connectivity index (χ1v) is 11.1. The molecule has 4 rings (SSSR count). The van der Waals surface area contributed by atoms with Gasteiger partial charge in [0, 0.05) is 0 Å². The second-order valence-electron chi connectivity index (χ2n) is 8.54. The van der Waals surface area contributed by atoms with Gasteiger partial charge in [-0.1, -0.05) is 20.8 Å². The SMILES string of the molecule is CC1(C)O[C@@H]2[C@H](O1)[C@@H]1N=C(CO[Si](C)(C)C(C)(C)C)[C@H]2OC1=O. The van der Waals surface area contributed by atoms with Gasteiger partial charge in [0.1, 0.15) is 12.2 Å². The molecule has 2 bridgehead atoms. The van der Waals surface area contributed by atoms with Crippen molar-refractivity contribution in [3.8, 4) is 0 Å². The highest BCUT2D eigenvalue weighted by Crippen LogP contribution is 2.41. The fourth-order valence-electron chi connectivity index (χ4n) is 2.92. The van der Waals surface area contributed by atoms with Crippen LogP contribution in [0.3, 0.4) is 0 Å². The van der Waals surface area contributed by atoms with Crippen LogP contribution in [0, 0.1) is 0 Å². The van der Waals surface area contributed by atoms with Crippen molar-refractivity contribution in [2.45, 2.75) is 82.9 Å². The Morgan fingerprint density at radius 2 is 1.83 bits per heavy atom. The van der Waals surface area contributed by atoms with Crippen molar-refractivity contribution >= 4 is 20.0 Å². The number of hydrogen-bond donors (Lipinski definition) is 0. The number of carbonyl (C=O) groups excluding carboxylic acids is 1. The van der Waals surface area contributed by atoms with Gasteiger partial charge in [-0.05, 0) is 32.0 Å². The smallest absolute Gasteiger partial charge is 0.334 e. The van der Waals surface area contributed by atoms with Gasteiger partial charge in [0.25, 0.3) is 0 Å². The maximum atomic E-state index is 12.0. The van der Waals surface area contributed by atoms with Crippen LogP contribution in [-0.2, 0) is 23.4 Å². The van der Waals surface area contributed by atoms with Crippen LogP contribution in [0.15, 0.2) is 4.99 Å². The van der Waals surface area contributed by atoms with Gasteiger partial charge in [-0.25, -0.2) is 4.79 Å². The van der Waals surface area contributed by atoms with Crippen LogP contribution in [0.25, 0.3) is 0 Å². The van der Waals surface area contributed by atoms with Crippen molar-refractivity contribution in [2.75, 3.05) is 6.61 Å². The third kappa shape index (κ3) is 2.88. The quantitative estimate of drug-likeness (QED) is 0.582. The molecule has 2 saturated heterocycles. The average Bonchev–Trinajstić information content (AvgIpc) is 2.72. The predicted molar refractivity (Wildman–Crippen MR) is 88.1 cm³/mol. The second kappa shape index (κ2) is 5.11. The zero-order valence-electron chi connectivity index (χ0n) is 15.0. The molecule has 0 aromatic rings. The third-order valence-corrected chi connectivity index (χ3v) is 9.76. The number of aliphatic imine (C=N–C) groups is 1. The molecule has 4 heterocycles. The first-order chi connectivity index (χ1) is 10.4. The van der Waals surface area contributed by atoms with E-state index in [2.05, 4.69) is 38.9 Å². The minimum Gasteiger partial charge on any atom is -0.452 e. The van der Waals surface area contributed by atoms with E-state index < -0.39 is 26.3 Å². The maximum Gasteiger partial charge on any atom is 0.334 e. The Balaban J connectivity index is 1.77. The van der Waals surface area contributed by atoms with Gasteiger partial charge < -0.3 is 18.6 Å². The number of esters is 1. The van der Waals surface area contributed by atoms with Gasteiger partial charge in [0.05, 0.1) is 12.3 Å². The molecular formula is C16H27NO5Si. The van der Waals surface area contributed by atoms with Gasteiger partial charge >= 0.3 is 5.97 Å². The predicted octanol–water partition coefficient (Wildman–Crippen LogP) is 2.28. The Kier molecular flexibility index (Phi) is 3.80. The molecule has 7 heteroatoms. The third-order valence-electron chi connectivity index (χ3n) is 5.28. The summed E-state index contributed by atoms with van der Waals surface area (Å²) in [4.78, 5) is 16.6. The van der Waals surface area contributed by atoms with E-state index in [0.717, 1.165) is 5.71 Å². The molecule has 4 aliphatic heterocycles. The van der Waals surface area contributed by atoms with E-state index in [1.54, 1.807) is 0 Å². The van der Waals surface area contributed by atoms with Crippen LogP contribution in [0.2, 0.25) is 18.1 Å². The van der Waals surface area contributed by atoms with Crippen molar-refractivity contribution in [2.24, 2.45) is 4.99 Å². The first-order valence-electron chi connectivity index (χ1n) is 8.18. The number of hydrogen-bond acceptors (Lipinski definition) is 6. The molecule has 0 amide bonds. The van der Waals surface area contributed by atoms with Crippen LogP contribution in [0.4, 0.5) is 0 Å². The minimum atomic E-state index is -1.89. The Morgan fingerprint density at radius 3 is 2.43 bits per heavy atom. The van der Waals surface area contributed by atoms with Gasteiger partial charge in [0.15, 0.2) is 26.3 Å². The van der Waals surface area contributed by atoms with Gasteiger partial charge in [0.2, 0.25) is 0 Å². The zero-order valence-corrected chi connectivity index (χ0v) is 16.0. The number of rotatable bonds is 3. The van der Waals surface area contributed by atoms with Crippen molar-refractivity contribution in [1.29, 1.82) is 0 Å². The number of ether oxygens (including phenoxy) is 3. The summed E-state index contributed by atoms with van der Waals surface area (Å²) in [5, 5.41) is 0.120. The van der Waals surface area contributed by atoms with E-state index in [0.29, 0.717) is 6.61 Å². The van der Waals surface area contributed by atoms with Gasteiger partial charge in [-0.2, -0.15) is 0 Å². The largest absolute Gasteiger partial charge is 0.452 e. The lowest BCUT2D eigenvalue weighted by atomic mass is 9.91. The summed E-state index contributed by atoms with van der Waals surface area (Å²) in [6.45, 7) is 15.1. The standard InChI is InChI=1S/C16H27NO5Si/c1-15(2,3)23(6,7)19-8-9-11-13-12(21-16(4,5)22-13)10(17-9)14(18)20-11/h10-13H,8H2,1-7H3/t10-,11+,12+,13-/m0/s1.